The summed E-state index contributed by atoms with van der Waals surface area (Å²) in [5.74, 6) is -0.197. The van der Waals surface area contributed by atoms with Gasteiger partial charge in [0, 0.05) is 46.1 Å². The van der Waals surface area contributed by atoms with E-state index in [-0.39, 0.29) is 40.4 Å². The molecule has 1 aliphatic rings. The molecule has 0 saturated heterocycles. The second-order valence-corrected chi connectivity index (χ2v) is 12.7. The lowest BCUT2D eigenvalue weighted by atomic mass is 9.98. The second kappa shape index (κ2) is 11.7. The molecule has 0 spiro atoms. The fourth-order valence-electron chi connectivity index (χ4n) is 5.69. The molecular formula is C33H31BrF3N7O2. The van der Waals surface area contributed by atoms with E-state index in [9.17, 15) is 22.8 Å². The van der Waals surface area contributed by atoms with Gasteiger partial charge in [-0.2, -0.15) is 23.4 Å². The number of carbonyl (C=O) groups is 1. The van der Waals surface area contributed by atoms with Gasteiger partial charge in [-0.1, -0.05) is 41.9 Å². The van der Waals surface area contributed by atoms with Crippen LogP contribution in [0.25, 0.3) is 22.8 Å². The molecule has 5 aromatic rings. The standard InChI is InChI=1S/C33H31BrF3N7O2/c1-18(2)28-13-20(4)44(40-28)32-39-29-17-42(30(45)22-8-11-27(34)26(14-22)33(35,36)37)19(3)12-25(29)31(46)43(32)24-9-6-21(7-10-24)23-15-38-41(5)16-23/h6-11,13-16,18-19H,12,17H2,1-5H3. The Morgan fingerprint density at radius 3 is 2.39 bits per heavy atom. The van der Waals surface area contributed by atoms with Crippen LogP contribution in [0.2, 0.25) is 0 Å². The summed E-state index contributed by atoms with van der Waals surface area (Å²) in [7, 11) is 1.84. The molecule has 1 atom stereocenters. The lowest BCUT2D eigenvalue weighted by molar-refractivity contribution is -0.138. The fraction of sp³-hybridized carbons (Fsp3) is 0.303. The summed E-state index contributed by atoms with van der Waals surface area (Å²) in [6, 6.07) is 12.4. The Hall–Kier alpha value is -4.52. The highest BCUT2D eigenvalue weighted by Gasteiger charge is 2.36. The van der Waals surface area contributed by atoms with Gasteiger partial charge in [0.1, 0.15) is 0 Å². The first-order chi connectivity index (χ1) is 21.7. The molecule has 0 aliphatic carbocycles. The van der Waals surface area contributed by atoms with Crippen molar-refractivity contribution in [2.75, 3.05) is 0 Å². The Labute approximate surface area is 271 Å². The first-order valence-electron chi connectivity index (χ1n) is 14.7. The summed E-state index contributed by atoms with van der Waals surface area (Å²) in [5.41, 5.74) is 3.53. The minimum absolute atomic E-state index is 0.0485. The molecule has 1 unspecified atom stereocenters. The highest BCUT2D eigenvalue weighted by molar-refractivity contribution is 9.10. The Kier molecular flexibility index (Phi) is 7.99. The predicted octanol–water partition coefficient (Wildman–Crippen LogP) is 6.62. The van der Waals surface area contributed by atoms with Crippen molar-refractivity contribution in [3.8, 4) is 22.8 Å². The number of alkyl halides is 3. The normalized spacial score (nSPS) is 15.0. The highest BCUT2D eigenvalue weighted by Crippen LogP contribution is 2.36. The molecule has 13 heteroatoms. The van der Waals surface area contributed by atoms with Crippen molar-refractivity contribution in [2.24, 2.45) is 7.05 Å². The molecule has 0 fully saturated rings. The van der Waals surface area contributed by atoms with Gasteiger partial charge in [0.2, 0.25) is 5.95 Å². The van der Waals surface area contributed by atoms with Crippen LogP contribution in [-0.4, -0.2) is 46.0 Å². The third-order valence-electron chi connectivity index (χ3n) is 8.23. The molecule has 0 radical (unpaired) electrons. The fourth-order valence-corrected chi connectivity index (χ4v) is 6.16. The van der Waals surface area contributed by atoms with Crippen LogP contribution in [0.4, 0.5) is 13.2 Å². The van der Waals surface area contributed by atoms with Crippen molar-refractivity contribution >= 4 is 21.8 Å². The molecule has 0 saturated carbocycles. The zero-order valence-electron chi connectivity index (χ0n) is 25.8. The smallest absolute Gasteiger partial charge is 0.330 e. The molecule has 0 N–H and O–H groups in total. The summed E-state index contributed by atoms with van der Waals surface area (Å²) >= 11 is 2.94. The summed E-state index contributed by atoms with van der Waals surface area (Å²) < 4.78 is 45.6. The van der Waals surface area contributed by atoms with Gasteiger partial charge in [0.25, 0.3) is 11.5 Å². The molecule has 4 heterocycles. The van der Waals surface area contributed by atoms with E-state index in [4.69, 9.17) is 10.1 Å². The maximum atomic E-state index is 14.3. The van der Waals surface area contributed by atoms with Crippen LogP contribution in [0.3, 0.4) is 0 Å². The number of fused-ring (bicyclic) bond motifs is 1. The van der Waals surface area contributed by atoms with Crippen molar-refractivity contribution in [3.05, 3.63) is 110 Å². The molecule has 9 nitrogen and oxygen atoms in total. The number of benzene rings is 2. The zero-order valence-corrected chi connectivity index (χ0v) is 27.4. The average Bonchev–Trinajstić information content (AvgIpc) is 3.62. The van der Waals surface area contributed by atoms with E-state index >= 15 is 0 Å². The van der Waals surface area contributed by atoms with Gasteiger partial charge in [-0.15, -0.1) is 0 Å². The van der Waals surface area contributed by atoms with Gasteiger partial charge in [-0.3, -0.25) is 14.3 Å². The first-order valence-corrected chi connectivity index (χ1v) is 15.5. The minimum Gasteiger partial charge on any atom is -0.330 e. The van der Waals surface area contributed by atoms with Crippen LogP contribution in [0.5, 0.6) is 0 Å². The van der Waals surface area contributed by atoms with E-state index < -0.39 is 23.7 Å². The first kappa shape index (κ1) is 31.5. The molecule has 46 heavy (non-hydrogen) atoms. The van der Waals surface area contributed by atoms with E-state index in [1.54, 1.807) is 22.5 Å². The Morgan fingerprint density at radius 2 is 1.78 bits per heavy atom. The van der Waals surface area contributed by atoms with Crippen LogP contribution >= 0.6 is 15.9 Å². The summed E-state index contributed by atoms with van der Waals surface area (Å²) in [6.07, 6.45) is -0.789. The third kappa shape index (κ3) is 5.68. The highest BCUT2D eigenvalue weighted by atomic mass is 79.9. The van der Waals surface area contributed by atoms with Crippen LogP contribution in [-0.2, 0) is 26.2 Å². The van der Waals surface area contributed by atoms with Crippen molar-refractivity contribution < 1.29 is 18.0 Å². The number of nitrogens with zero attached hydrogens (tertiary/aromatic N) is 7. The number of halogens is 4. The third-order valence-corrected chi connectivity index (χ3v) is 8.92. The van der Waals surface area contributed by atoms with Crippen LogP contribution in [0, 0.1) is 6.92 Å². The SMILES string of the molecule is Cc1cc(C(C)C)nn1-c1nc2c(c(=O)n1-c1ccc(-c3cnn(C)c3)cc1)CC(C)N(C(=O)c1ccc(Br)c(C(F)(F)F)c1)C2. The van der Waals surface area contributed by atoms with Crippen LogP contribution in [0.15, 0.2) is 70.2 Å². The van der Waals surface area contributed by atoms with E-state index in [1.165, 1.54) is 21.6 Å². The molecular weight excluding hydrogens is 663 g/mol. The lowest BCUT2D eigenvalue weighted by Gasteiger charge is -2.34. The van der Waals surface area contributed by atoms with E-state index in [0.717, 1.165) is 28.6 Å². The number of carbonyl (C=O) groups excluding carboxylic acids is 1. The van der Waals surface area contributed by atoms with Gasteiger partial charge >= 0.3 is 6.18 Å². The Balaban J connectivity index is 1.46. The average molecular weight is 695 g/mol. The summed E-state index contributed by atoms with van der Waals surface area (Å²) in [5, 5.41) is 9.01. The van der Waals surface area contributed by atoms with Crippen molar-refractivity contribution in [1.29, 1.82) is 0 Å². The van der Waals surface area contributed by atoms with Crippen LogP contribution < -0.4 is 5.56 Å². The Bertz CT molecular complexity index is 2030. The van der Waals surface area contributed by atoms with Gasteiger partial charge in [0.05, 0.1) is 35.4 Å². The number of aryl methyl sites for hydroxylation is 2. The summed E-state index contributed by atoms with van der Waals surface area (Å²) in [4.78, 5) is 34.4. The van der Waals surface area contributed by atoms with Gasteiger partial charge in [-0.05, 0) is 68.1 Å². The molecule has 1 aliphatic heterocycles. The van der Waals surface area contributed by atoms with Crippen molar-refractivity contribution in [3.63, 3.8) is 0 Å². The van der Waals surface area contributed by atoms with Crippen molar-refractivity contribution in [1.82, 2.24) is 34.0 Å². The van der Waals surface area contributed by atoms with Gasteiger partial charge < -0.3 is 4.90 Å². The Morgan fingerprint density at radius 1 is 1.07 bits per heavy atom. The topological polar surface area (TPSA) is 90.8 Å². The molecule has 0 bridgehead atoms. The predicted molar refractivity (Wildman–Crippen MR) is 170 cm³/mol. The monoisotopic (exact) mass is 693 g/mol. The number of hydrogen-bond donors (Lipinski definition) is 0. The molecule has 6 rings (SSSR count). The van der Waals surface area contributed by atoms with Crippen LogP contribution in [0.1, 0.15) is 65.3 Å². The maximum absolute atomic E-state index is 14.3. The zero-order chi connectivity index (χ0) is 33.1. The van der Waals surface area contributed by atoms with Gasteiger partial charge in [-0.25, -0.2) is 14.2 Å². The maximum Gasteiger partial charge on any atom is 0.417 e. The number of aromatic nitrogens is 6. The minimum atomic E-state index is -4.64. The van der Waals surface area contributed by atoms with E-state index in [2.05, 4.69) is 21.0 Å². The number of hydrogen-bond acceptors (Lipinski definition) is 5. The molecule has 1 amide bonds. The van der Waals surface area contributed by atoms with Gasteiger partial charge in [0.15, 0.2) is 0 Å². The van der Waals surface area contributed by atoms with E-state index in [1.807, 2.05) is 64.3 Å². The summed E-state index contributed by atoms with van der Waals surface area (Å²) in [6.45, 7) is 7.65. The molecule has 2 aromatic carbocycles. The largest absolute Gasteiger partial charge is 0.417 e. The molecule has 238 valence electrons. The number of rotatable bonds is 5. The molecule has 3 aromatic heterocycles. The second-order valence-electron chi connectivity index (χ2n) is 11.9. The number of amides is 1. The quantitative estimate of drug-likeness (QED) is 0.206. The van der Waals surface area contributed by atoms with Crippen molar-refractivity contribution in [2.45, 2.75) is 58.8 Å². The van der Waals surface area contributed by atoms with E-state index in [0.29, 0.717) is 16.9 Å². The lowest BCUT2D eigenvalue weighted by Crippen LogP contribution is -2.46.